The number of hydrogen-bond donors (Lipinski definition) is 2. The molecule has 0 fully saturated rings. The predicted octanol–water partition coefficient (Wildman–Crippen LogP) is 4.50. The fraction of sp³-hybridized carbons (Fsp3) is 0.300. The highest BCUT2D eigenvalue weighted by Crippen LogP contribution is 2.24. The number of imidazole rings is 1. The van der Waals surface area contributed by atoms with E-state index in [1.54, 1.807) is 13.8 Å². The first-order valence-electron chi connectivity index (χ1n) is 8.37. The van der Waals surface area contributed by atoms with E-state index >= 15 is 0 Å². The molecular formula is C20H22N2O3. The second kappa shape index (κ2) is 6.97. The smallest absolute Gasteiger partial charge is 0.309 e. The molecule has 3 rings (SSSR count). The summed E-state index contributed by atoms with van der Waals surface area (Å²) < 4.78 is 5.71. The summed E-state index contributed by atoms with van der Waals surface area (Å²) in [5.74, 6) is 0.826. The maximum atomic E-state index is 11.1. The number of carboxylic acid groups (broad SMARTS) is 1. The quantitative estimate of drug-likeness (QED) is 0.622. The van der Waals surface area contributed by atoms with Gasteiger partial charge in [0.05, 0.1) is 23.1 Å². The van der Waals surface area contributed by atoms with Crippen molar-refractivity contribution >= 4 is 17.0 Å². The van der Waals surface area contributed by atoms with E-state index in [1.807, 2.05) is 48.5 Å². The average Bonchev–Trinajstić information content (AvgIpc) is 3.03. The van der Waals surface area contributed by atoms with Gasteiger partial charge >= 0.3 is 5.97 Å². The second-order valence-corrected chi connectivity index (χ2v) is 6.77. The minimum Gasteiger partial charge on any atom is -0.494 e. The van der Waals surface area contributed by atoms with Crippen LogP contribution in [0.5, 0.6) is 5.75 Å². The number of fused-ring (bicyclic) bond motifs is 1. The van der Waals surface area contributed by atoms with Gasteiger partial charge in [-0.15, -0.1) is 0 Å². The lowest BCUT2D eigenvalue weighted by Gasteiger charge is -2.18. The van der Waals surface area contributed by atoms with Crippen LogP contribution in [0.2, 0.25) is 0 Å². The number of nitrogens with zero attached hydrogens (tertiary/aromatic N) is 1. The summed E-state index contributed by atoms with van der Waals surface area (Å²) in [4.78, 5) is 19.0. The number of carboxylic acids is 1. The van der Waals surface area contributed by atoms with Crippen molar-refractivity contribution in [1.82, 2.24) is 9.97 Å². The molecule has 25 heavy (non-hydrogen) atoms. The molecule has 2 N–H and O–H groups in total. The van der Waals surface area contributed by atoms with E-state index in [1.165, 1.54) is 0 Å². The van der Waals surface area contributed by atoms with E-state index in [-0.39, 0.29) is 0 Å². The molecule has 130 valence electrons. The third kappa shape index (κ3) is 3.99. The van der Waals surface area contributed by atoms with Crippen LogP contribution in [0.3, 0.4) is 0 Å². The number of H-pyrrole nitrogens is 1. The molecule has 0 aliphatic heterocycles. The van der Waals surface area contributed by atoms with E-state index < -0.39 is 11.4 Å². The Morgan fingerprint density at radius 2 is 1.88 bits per heavy atom. The number of carbonyl (C=O) groups is 1. The molecule has 0 amide bonds. The van der Waals surface area contributed by atoms with Gasteiger partial charge in [0.25, 0.3) is 0 Å². The van der Waals surface area contributed by atoms with Gasteiger partial charge in [0.2, 0.25) is 0 Å². The topological polar surface area (TPSA) is 75.2 Å². The summed E-state index contributed by atoms with van der Waals surface area (Å²) in [6.07, 6.45) is 1.28. The molecule has 0 aliphatic carbocycles. The zero-order valence-electron chi connectivity index (χ0n) is 14.5. The Kier molecular flexibility index (Phi) is 4.74. The molecule has 0 unspecified atom stereocenters. The molecule has 1 aromatic heterocycles. The molecule has 0 radical (unpaired) electrons. The van der Waals surface area contributed by atoms with Crippen LogP contribution >= 0.6 is 0 Å². The van der Waals surface area contributed by atoms with Gasteiger partial charge in [-0.25, -0.2) is 4.98 Å². The second-order valence-electron chi connectivity index (χ2n) is 6.77. The number of para-hydroxylation sites is 2. The van der Waals surface area contributed by atoms with Gasteiger partial charge in [0, 0.05) is 5.56 Å². The summed E-state index contributed by atoms with van der Waals surface area (Å²) >= 11 is 0. The van der Waals surface area contributed by atoms with Crippen molar-refractivity contribution in [2.75, 3.05) is 6.61 Å². The predicted molar refractivity (Wildman–Crippen MR) is 97.7 cm³/mol. The molecular weight excluding hydrogens is 316 g/mol. The van der Waals surface area contributed by atoms with E-state index in [9.17, 15) is 4.79 Å². The molecule has 0 bridgehead atoms. The van der Waals surface area contributed by atoms with Crippen molar-refractivity contribution in [3.8, 4) is 17.1 Å². The van der Waals surface area contributed by atoms with Crippen LogP contribution in [0.4, 0.5) is 0 Å². The summed E-state index contributed by atoms with van der Waals surface area (Å²) in [6, 6.07) is 15.7. The van der Waals surface area contributed by atoms with Crippen molar-refractivity contribution in [3.63, 3.8) is 0 Å². The van der Waals surface area contributed by atoms with Gasteiger partial charge in [-0.2, -0.15) is 0 Å². The summed E-state index contributed by atoms with van der Waals surface area (Å²) in [6.45, 7) is 3.97. The van der Waals surface area contributed by atoms with Crippen LogP contribution in [-0.4, -0.2) is 27.7 Å². The van der Waals surface area contributed by atoms with E-state index in [4.69, 9.17) is 9.84 Å². The fourth-order valence-corrected chi connectivity index (χ4v) is 2.61. The van der Waals surface area contributed by atoms with E-state index in [2.05, 4.69) is 9.97 Å². The van der Waals surface area contributed by atoms with Crippen molar-refractivity contribution in [1.29, 1.82) is 0 Å². The Morgan fingerprint density at radius 3 is 2.56 bits per heavy atom. The number of hydrogen-bond acceptors (Lipinski definition) is 3. The highest BCUT2D eigenvalue weighted by molar-refractivity contribution is 5.79. The summed E-state index contributed by atoms with van der Waals surface area (Å²) in [5, 5.41) is 9.10. The minimum absolute atomic E-state index is 0.501. The van der Waals surface area contributed by atoms with E-state index in [0.29, 0.717) is 19.4 Å². The van der Waals surface area contributed by atoms with Crippen LogP contribution in [0.15, 0.2) is 48.5 Å². The summed E-state index contributed by atoms with van der Waals surface area (Å²) in [5.41, 5.74) is 2.24. The molecule has 0 saturated carbocycles. The van der Waals surface area contributed by atoms with Gasteiger partial charge < -0.3 is 14.8 Å². The molecule has 0 spiro atoms. The lowest BCUT2D eigenvalue weighted by atomic mass is 9.88. The number of aromatic amines is 1. The molecule has 5 nitrogen and oxygen atoms in total. The fourth-order valence-electron chi connectivity index (χ4n) is 2.61. The molecule has 2 aromatic carbocycles. The van der Waals surface area contributed by atoms with Crippen molar-refractivity contribution < 1.29 is 14.6 Å². The molecule has 0 saturated heterocycles. The van der Waals surface area contributed by atoms with Crippen LogP contribution in [0.25, 0.3) is 22.4 Å². The molecule has 3 aromatic rings. The lowest BCUT2D eigenvalue weighted by Crippen LogP contribution is -2.24. The highest BCUT2D eigenvalue weighted by atomic mass is 16.5. The molecule has 0 atom stereocenters. The maximum absolute atomic E-state index is 11.1. The van der Waals surface area contributed by atoms with Gasteiger partial charge in [-0.3, -0.25) is 4.79 Å². The SMILES string of the molecule is CC(C)(CCCOc1ccc(-c2nc3ccccc3[nH]2)cc1)C(=O)O. The lowest BCUT2D eigenvalue weighted by molar-refractivity contribution is -0.147. The Labute approximate surface area is 146 Å². The first-order valence-corrected chi connectivity index (χ1v) is 8.37. The van der Waals surface area contributed by atoms with Gasteiger partial charge in [0.15, 0.2) is 0 Å². The zero-order chi connectivity index (χ0) is 17.9. The van der Waals surface area contributed by atoms with Crippen molar-refractivity contribution in [3.05, 3.63) is 48.5 Å². The Morgan fingerprint density at radius 1 is 1.16 bits per heavy atom. The van der Waals surface area contributed by atoms with Crippen LogP contribution in [-0.2, 0) is 4.79 Å². The molecule has 1 heterocycles. The molecule has 0 aliphatic rings. The van der Waals surface area contributed by atoms with Gasteiger partial charge in [-0.1, -0.05) is 12.1 Å². The number of rotatable bonds is 7. The average molecular weight is 338 g/mol. The third-order valence-electron chi connectivity index (χ3n) is 4.31. The van der Waals surface area contributed by atoms with E-state index in [0.717, 1.165) is 28.2 Å². The van der Waals surface area contributed by atoms with Crippen LogP contribution < -0.4 is 4.74 Å². The Balaban J connectivity index is 1.58. The monoisotopic (exact) mass is 338 g/mol. The standard InChI is InChI=1S/C20H22N2O3/c1-20(2,19(23)24)12-5-13-25-15-10-8-14(9-11-15)18-21-16-6-3-4-7-17(16)22-18/h3-4,6-11H,5,12-13H2,1-2H3,(H,21,22)(H,23,24). The number of aliphatic carboxylic acids is 1. The van der Waals surface area contributed by atoms with Crippen molar-refractivity contribution in [2.24, 2.45) is 5.41 Å². The van der Waals surface area contributed by atoms with Crippen LogP contribution in [0, 0.1) is 5.41 Å². The summed E-state index contributed by atoms with van der Waals surface area (Å²) in [7, 11) is 0. The Hall–Kier alpha value is -2.82. The minimum atomic E-state index is -0.775. The number of nitrogens with one attached hydrogen (secondary N) is 1. The number of aromatic nitrogens is 2. The normalized spacial score (nSPS) is 11.6. The number of ether oxygens (including phenoxy) is 1. The van der Waals surface area contributed by atoms with Gasteiger partial charge in [0.1, 0.15) is 11.6 Å². The van der Waals surface area contributed by atoms with Crippen molar-refractivity contribution in [2.45, 2.75) is 26.7 Å². The van der Waals surface area contributed by atoms with Crippen LogP contribution in [0.1, 0.15) is 26.7 Å². The largest absolute Gasteiger partial charge is 0.494 e. The highest BCUT2D eigenvalue weighted by Gasteiger charge is 2.26. The molecule has 5 heteroatoms. The third-order valence-corrected chi connectivity index (χ3v) is 4.31. The zero-order valence-corrected chi connectivity index (χ0v) is 14.5. The first-order chi connectivity index (χ1) is 12.0. The maximum Gasteiger partial charge on any atom is 0.309 e. The first kappa shape index (κ1) is 17.0. The number of benzene rings is 2. The van der Waals surface area contributed by atoms with Gasteiger partial charge in [-0.05, 0) is 63.1 Å². The Bertz CT molecular complexity index is 833.